The van der Waals surface area contributed by atoms with Gasteiger partial charge < -0.3 is 14.8 Å². The summed E-state index contributed by atoms with van der Waals surface area (Å²) in [5.74, 6) is 0.412. The molecule has 1 heterocycles. The molecule has 0 atom stereocenters. The van der Waals surface area contributed by atoms with Crippen LogP contribution in [0.25, 0.3) is 6.08 Å². The van der Waals surface area contributed by atoms with E-state index in [-0.39, 0.29) is 12.5 Å². The van der Waals surface area contributed by atoms with Crippen molar-refractivity contribution in [3.05, 3.63) is 28.6 Å². The van der Waals surface area contributed by atoms with Crippen molar-refractivity contribution in [3.63, 3.8) is 0 Å². The quantitative estimate of drug-likeness (QED) is 0.632. The Hall–Kier alpha value is -1.07. The van der Waals surface area contributed by atoms with E-state index in [1.807, 2.05) is 0 Å². The second-order valence-corrected chi connectivity index (χ2v) is 3.62. The summed E-state index contributed by atoms with van der Waals surface area (Å²) < 4.78 is 5.80. The van der Waals surface area contributed by atoms with Crippen molar-refractivity contribution in [1.29, 1.82) is 0 Å². The number of furan rings is 1. The minimum atomic E-state index is -0.198. The van der Waals surface area contributed by atoms with E-state index in [1.165, 1.54) is 6.08 Å². The van der Waals surface area contributed by atoms with Crippen LogP contribution in [-0.2, 0) is 4.79 Å². The van der Waals surface area contributed by atoms with E-state index in [9.17, 15) is 4.79 Å². The molecule has 1 amide bonds. The molecule has 1 aromatic heterocycles. The van der Waals surface area contributed by atoms with E-state index in [1.54, 1.807) is 18.2 Å². The Morgan fingerprint density at radius 3 is 3.00 bits per heavy atom. The Kier molecular flexibility index (Phi) is 5.14. The minimum Gasteiger partial charge on any atom is -0.450 e. The number of carbonyl (C=O) groups excluding carboxylic acids is 1. The highest BCUT2D eigenvalue weighted by Gasteiger charge is 1.97. The third-order valence-corrected chi connectivity index (χ3v) is 2.05. The Bertz CT molecular complexity index is 346. The van der Waals surface area contributed by atoms with Crippen LogP contribution in [0, 0.1) is 0 Å². The number of hydrogen-bond acceptors (Lipinski definition) is 3. The normalized spacial score (nSPS) is 10.8. The Labute approximate surface area is 96.1 Å². The number of amides is 1. The molecule has 0 unspecified atom stereocenters. The summed E-state index contributed by atoms with van der Waals surface area (Å²) in [7, 11) is 0. The lowest BCUT2D eigenvalue weighted by Crippen LogP contribution is -2.22. The van der Waals surface area contributed by atoms with Gasteiger partial charge >= 0.3 is 0 Å². The summed E-state index contributed by atoms with van der Waals surface area (Å²) in [6.45, 7) is 0.552. The molecule has 5 heteroatoms. The first-order chi connectivity index (χ1) is 7.22. The predicted molar refractivity (Wildman–Crippen MR) is 60.2 cm³/mol. The van der Waals surface area contributed by atoms with Gasteiger partial charge in [0.1, 0.15) is 5.76 Å². The molecule has 1 rings (SSSR count). The van der Waals surface area contributed by atoms with Gasteiger partial charge in [-0.05, 0) is 40.6 Å². The first kappa shape index (κ1) is 12.0. The molecule has 0 aliphatic rings. The van der Waals surface area contributed by atoms with Crippen molar-refractivity contribution in [2.24, 2.45) is 0 Å². The third kappa shape index (κ3) is 4.80. The van der Waals surface area contributed by atoms with Crippen molar-refractivity contribution in [2.45, 2.75) is 6.42 Å². The van der Waals surface area contributed by atoms with Crippen LogP contribution < -0.4 is 5.32 Å². The van der Waals surface area contributed by atoms with Gasteiger partial charge in [0.25, 0.3) is 0 Å². The molecule has 82 valence electrons. The molecule has 0 saturated carbocycles. The third-order valence-electron chi connectivity index (χ3n) is 1.63. The second kappa shape index (κ2) is 6.42. The highest BCUT2D eigenvalue weighted by Crippen LogP contribution is 2.14. The summed E-state index contributed by atoms with van der Waals surface area (Å²) in [5.41, 5.74) is 0. The molecular weight excluding hydrogens is 262 g/mol. The molecule has 2 N–H and O–H groups in total. The summed E-state index contributed by atoms with van der Waals surface area (Å²) in [6, 6.07) is 3.50. The van der Waals surface area contributed by atoms with E-state index in [0.29, 0.717) is 23.4 Å². The van der Waals surface area contributed by atoms with Gasteiger partial charge in [-0.15, -0.1) is 0 Å². The van der Waals surface area contributed by atoms with Crippen molar-refractivity contribution in [2.75, 3.05) is 13.2 Å². The van der Waals surface area contributed by atoms with E-state index >= 15 is 0 Å². The molecule has 0 aliphatic carbocycles. The summed E-state index contributed by atoms with van der Waals surface area (Å²) in [5, 5.41) is 11.1. The average molecular weight is 274 g/mol. The van der Waals surface area contributed by atoms with Crippen LogP contribution in [0.1, 0.15) is 12.2 Å². The van der Waals surface area contributed by atoms with E-state index in [4.69, 9.17) is 9.52 Å². The zero-order valence-electron chi connectivity index (χ0n) is 8.07. The van der Waals surface area contributed by atoms with Gasteiger partial charge in [0.05, 0.1) is 0 Å². The smallest absolute Gasteiger partial charge is 0.244 e. The van der Waals surface area contributed by atoms with E-state index < -0.39 is 0 Å². The minimum absolute atomic E-state index is 0.0785. The number of carbonyl (C=O) groups is 1. The van der Waals surface area contributed by atoms with E-state index in [0.717, 1.165) is 0 Å². The van der Waals surface area contributed by atoms with Crippen molar-refractivity contribution < 1.29 is 14.3 Å². The topological polar surface area (TPSA) is 62.5 Å². The molecule has 1 aromatic rings. The largest absolute Gasteiger partial charge is 0.450 e. The van der Waals surface area contributed by atoms with E-state index in [2.05, 4.69) is 21.2 Å². The molecule has 0 aliphatic heterocycles. The molecule has 0 bridgehead atoms. The Morgan fingerprint density at radius 2 is 2.40 bits per heavy atom. The maximum absolute atomic E-state index is 11.2. The molecule has 0 aromatic carbocycles. The van der Waals surface area contributed by atoms with Gasteiger partial charge in [-0.1, -0.05) is 0 Å². The van der Waals surface area contributed by atoms with Crippen LogP contribution in [-0.4, -0.2) is 24.2 Å². The first-order valence-corrected chi connectivity index (χ1v) is 5.34. The van der Waals surface area contributed by atoms with Crippen molar-refractivity contribution in [1.82, 2.24) is 5.32 Å². The molecule has 0 fully saturated rings. The summed E-state index contributed by atoms with van der Waals surface area (Å²) >= 11 is 3.16. The Balaban J connectivity index is 2.34. The highest BCUT2D eigenvalue weighted by molar-refractivity contribution is 9.10. The molecule has 4 nitrogen and oxygen atoms in total. The highest BCUT2D eigenvalue weighted by atomic mass is 79.9. The fraction of sp³-hybridized carbons (Fsp3) is 0.300. The van der Waals surface area contributed by atoms with Crippen LogP contribution in [0.4, 0.5) is 0 Å². The summed E-state index contributed by atoms with van der Waals surface area (Å²) in [6.07, 6.45) is 3.54. The van der Waals surface area contributed by atoms with Crippen molar-refractivity contribution in [3.8, 4) is 0 Å². The monoisotopic (exact) mass is 273 g/mol. The van der Waals surface area contributed by atoms with Crippen LogP contribution in [0.5, 0.6) is 0 Å². The molecule has 0 radical (unpaired) electrons. The van der Waals surface area contributed by atoms with Gasteiger partial charge in [0.2, 0.25) is 5.91 Å². The van der Waals surface area contributed by atoms with Crippen LogP contribution in [0.3, 0.4) is 0 Å². The lowest BCUT2D eigenvalue weighted by Gasteiger charge is -1.98. The maximum atomic E-state index is 11.2. The van der Waals surface area contributed by atoms with Gasteiger partial charge in [-0.25, -0.2) is 0 Å². The number of halogens is 1. The van der Waals surface area contributed by atoms with Gasteiger partial charge in [-0.2, -0.15) is 0 Å². The fourth-order valence-electron chi connectivity index (χ4n) is 0.925. The Morgan fingerprint density at radius 1 is 1.60 bits per heavy atom. The SMILES string of the molecule is O=C(/C=C/c1ccc(Br)o1)NCCCO. The average Bonchev–Trinajstić information content (AvgIpc) is 2.62. The standard InChI is InChI=1S/C10H12BrNO3/c11-9-4-2-8(15-9)3-5-10(14)12-6-1-7-13/h2-5,13H,1,6-7H2,(H,12,14)/b5-3+. The zero-order chi connectivity index (χ0) is 11.1. The summed E-state index contributed by atoms with van der Waals surface area (Å²) in [4.78, 5) is 11.2. The van der Waals surface area contributed by atoms with Crippen LogP contribution >= 0.6 is 15.9 Å². The van der Waals surface area contributed by atoms with Gasteiger partial charge in [0.15, 0.2) is 4.67 Å². The number of hydrogen-bond donors (Lipinski definition) is 2. The molecule has 0 saturated heterocycles. The lowest BCUT2D eigenvalue weighted by atomic mass is 10.3. The van der Waals surface area contributed by atoms with Gasteiger partial charge in [-0.3, -0.25) is 4.79 Å². The van der Waals surface area contributed by atoms with Crippen LogP contribution in [0.15, 0.2) is 27.3 Å². The lowest BCUT2D eigenvalue weighted by molar-refractivity contribution is -0.116. The zero-order valence-corrected chi connectivity index (χ0v) is 9.66. The molecule has 15 heavy (non-hydrogen) atoms. The maximum Gasteiger partial charge on any atom is 0.244 e. The van der Waals surface area contributed by atoms with Crippen molar-refractivity contribution >= 4 is 27.9 Å². The number of rotatable bonds is 5. The van der Waals surface area contributed by atoms with Gasteiger partial charge in [0, 0.05) is 19.2 Å². The molecule has 0 spiro atoms. The van der Waals surface area contributed by atoms with Crippen LogP contribution in [0.2, 0.25) is 0 Å². The number of nitrogens with one attached hydrogen (secondary N) is 1. The molecular formula is C10H12BrNO3. The second-order valence-electron chi connectivity index (χ2n) is 2.84. The predicted octanol–water partition coefficient (Wildman–Crippen LogP) is 1.55. The fourth-order valence-corrected chi connectivity index (χ4v) is 1.24. The number of aliphatic hydroxyl groups is 1. The number of aliphatic hydroxyl groups excluding tert-OH is 1. The first-order valence-electron chi connectivity index (χ1n) is 4.54.